The number of hydrogen-bond donors (Lipinski definition) is 2. The summed E-state index contributed by atoms with van der Waals surface area (Å²) in [5.74, 6) is 0.532. The molecule has 1 unspecified atom stereocenters. The molecule has 0 saturated heterocycles. The minimum absolute atomic E-state index is 0.532. The van der Waals surface area contributed by atoms with Gasteiger partial charge in [-0.2, -0.15) is 0 Å². The Hall–Kier alpha value is -0.710. The number of anilines is 1. The molecule has 0 radical (unpaired) electrons. The van der Waals surface area contributed by atoms with Crippen molar-refractivity contribution in [1.29, 1.82) is 0 Å². The van der Waals surface area contributed by atoms with Crippen LogP contribution in [0.15, 0.2) is 29.2 Å². The van der Waals surface area contributed by atoms with Crippen molar-refractivity contribution in [3.05, 3.63) is 24.3 Å². The van der Waals surface area contributed by atoms with Crippen molar-refractivity contribution in [1.82, 2.24) is 4.31 Å². The molecule has 16 heavy (non-hydrogen) atoms. The van der Waals surface area contributed by atoms with Crippen molar-refractivity contribution in [2.45, 2.75) is 18.7 Å². The van der Waals surface area contributed by atoms with E-state index < -0.39 is 10.5 Å². The smallest absolute Gasteiger partial charge is 0.0325 e. The predicted molar refractivity (Wildman–Crippen MR) is 72.7 cm³/mol. The van der Waals surface area contributed by atoms with Crippen LogP contribution in [0.1, 0.15) is 13.8 Å². The van der Waals surface area contributed by atoms with Crippen molar-refractivity contribution in [2.75, 3.05) is 25.6 Å². The number of hydrogen-bond acceptors (Lipinski definition) is 3. The third kappa shape index (κ3) is 3.14. The minimum Gasteiger partial charge on any atom is -0.399 e. The molecule has 1 aromatic carbocycles. The number of rotatable bonds is 4. The van der Waals surface area contributed by atoms with Crippen molar-refractivity contribution >= 4 is 16.2 Å². The molecule has 0 heterocycles. The maximum absolute atomic E-state index is 10.6. The van der Waals surface area contributed by atoms with E-state index in [0.717, 1.165) is 11.4 Å². The number of benzene rings is 1. The highest BCUT2D eigenvalue weighted by atomic mass is 32.3. The molecule has 0 aliphatic carbocycles. The first-order chi connectivity index (χ1) is 7.34. The third-order valence-electron chi connectivity index (χ3n) is 2.53. The number of nitrogens with zero attached hydrogens (tertiary/aromatic N) is 1. The number of nitrogens with two attached hydrogens (primary N) is 1. The average Bonchev–Trinajstić information content (AvgIpc) is 2.16. The van der Waals surface area contributed by atoms with Gasteiger partial charge in [-0.05, 0) is 31.2 Å². The predicted octanol–water partition coefficient (Wildman–Crippen LogP) is 3.04. The topological polar surface area (TPSA) is 49.5 Å². The van der Waals surface area contributed by atoms with Crippen LogP contribution in [0.5, 0.6) is 0 Å². The van der Waals surface area contributed by atoms with Gasteiger partial charge in [-0.3, -0.25) is 0 Å². The highest BCUT2D eigenvalue weighted by Crippen LogP contribution is 2.51. The van der Waals surface area contributed by atoms with E-state index in [1.54, 1.807) is 0 Å². The van der Waals surface area contributed by atoms with Crippen molar-refractivity contribution < 1.29 is 4.55 Å². The van der Waals surface area contributed by atoms with Crippen LogP contribution in [0.25, 0.3) is 0 Å². The molecule has 0 fully saturated rings. The van der Waals surface area contributed by atoms with Gasteiger partial charge in [-0.25, -0.2) is 4.31 Å². The summed E-state index contributed by atoms with van der Waals surface area (Å²) in [6.07, 6.45) is 1.88. The molecule has 1 aromatic rings. The standard InChI is InChI=1S/C12H22N2OS/c1-10(2)9-14(3)16(4,15)12-7-5-6-11(13)8-12/h5-8,10,15H,9,13H2,1-4H3. The Bertz CT molecular complexity index is 353. The SMILES string of the molecule is CC(C)CN(C)S(C)(O)c1cccc(N)c1. The van der Waals surface area contributed by atoms with Gasteiger partial charge in [-0.1, -0.05) is 30.4 Å². The van der Waals surface area contributed by atoms with Crippen LogP contribution in [-0.2, 0) is 0 Å². The molecule has 0 aliphatic heterocycles. The maximum atomic E-state index is 10.6. The lowest BCUT2D eigenvalue weighted by Crippen LogP contribution is -2.27. The van der Waals surface area contributed by atoms with Gasteiger partial charge in [0.25, 0.3) is 0 Å². The molecular weight excluding hydrogens is 220 g/mol. The molecule has 0 aliphatic rings. The second kappa shape index (κ2) is 5.08. The van der Waals surface area contributed by atoms with Gasteiger partial charge in [0, 0.05) is 23.4 Å². The molecule has 3 nitrogen and oxygen atoms in total. The second-order valence-corrected chi connectivity index (χ2v) is 7.37. The van der Waals surface area contributed by atoms with Crippen molar-refractivity contribution in [2.24, 2.45) is 5.92 Å². The van der Waals surface area contributed by atoms with Crippen LogP contribution >= 0.6 is 10.5 Å². The summed E-state index contributed by atoms with van der Waals surface area (Å²) >= 11 is 0. The summed E-state index contributed by atoms with van der Waals surface area (Å²) in [5.41, 5.74) is 6.44. The van der Waals surface area contributed by atoms with Crippen LogP contribution in [0.4, 0.5) is 5.69 Å². The summed E-state index contributed by atoms with van der Waals surface area (Å²) in [6, 6.07) is 7.51. The monoisotopic (exact) mass is 242 g/mol. The maximum Gasteiger partial charge on any atom is 0.0325 e. The first-order valence-corrected chi connectivity index (χ1v) is 7.37. The quantitative estimate of drug-likeness (QED) is 0.798. The Balaban J connectivity index is 2.92. The van der Waals surface area contributed by atoms with Crippen LogP contribution in [0, 0.1) is 5.92 Å². The summed E-state index contributed by atoms with van der Waals surface area (Å²) in [7, 11) is 0.0537. The van der Waals surface area contributed by atoms with E-state index in [0.29, 0.717) is 11.6 Å². The Kier molecular flexibility index (Phi) is 4.24. The van der Waals surface area contributed by atoms with Gasteiger partial charge >= 0.3 is 0 Å². The van der Waals surface area contributed by atoms with E-state index in [-0.39, 0.29) is 0 Å². The van der Waals surface area contributed by atoms with Gasteiger partial charge in [0.15, 0.2) is 0 Å². The van der Waals surface area contributed by atoms with Crippen LogP contribution < -0.4 is 5.73 Å². The zero-order valence-corrected chi connectivity index (χ0v) is 11.3. The average molecular weight is 242 g/mol. The fraction of sp³-hybridized carbons (Fsp3) is 0.500. The second-order valence-electron chi connectivity index (χ2n) is 4.61. The zero-order valence-electron chi connectivity index (χ0n) is 10.5. The van der Waals surface area contributed by atoms with Gasteiger partial charge in [0.1, 0.15) is 0 Å². The summed E-state index contributed by atoms with van der Waals surface area (Å²) in [6.45, 7) is 5.16. The molecule has 1 rings (SSSR count). The van der Waals surface area contributed by atoms with Crippen LogP contribution in [-0.4, -0.2) is 28.7 Å². The molecular formula is C12H22N2OS. The molecule has 0 bridgehead atoms. The molecule has 0 spiro atoms. The lowest BCUT2D eigenvalue weighted by atomic mass is 10.2. The van der Waals surface area contributed by atoms with E-state index in [1.165, 1.54) is 0 Å². The molecule has 0 saturated carbocycles. The van der Waals surface area contributed by atoms with Gasteiger partial charge < -0.3 is 10.3 Å². The molecule has 92 valence electrons. The van der Waals surface area contributed by atoms with E-state index in [1.807, 2.05) is 41.9 Å². The lowest BCUT2D eigenvalue weighted by molar-refractivity contribution is 0.420. The molecule has 0 aromatic heterocycles. The summed E-state index contributed by atoms with van der Waals surface area (Å²) < 4.78 is 12.6. The Morgan fingerprint density at radius 1 is 1.44 bits per heavy atom. The zero-order chi connectivity index (χ0) is 12.3. The third-order valence-corrected chi connectivity index (χ3v) is 5.04. The number of nitrogen functional groups attached to an aromatic ring is 1. The molecule has 3 N–H and O–H groups in total. The fourth-order valence-corrected chi connectivity index (χ4v) is 3.24. The van der Waals surface area contributed by atoms with E-state index >= 15 is 0 Å². The summed E-state index contributed by atoms with van der Waals surface area (Å²) in [4.78, 5) is 0.913. The van der Waals surface area contributed by atoms with Gasteiger partial charge in [-0.15, -0.1) is 0 Å². The highest BCUT2D eigenvalue weighted by Gasteiger charge is 2.23. The molecule has 4 heteroatoms. The van der Waals surface area contributed by atoms with Gasteiger partial charge in [0.05, 0.1) is 0 Å². The first kappa shape index (κ1) is 13.4. The van der Waals surface area contributed by atoms with Gasteiger partial charge in [0.2, 0.25) is 0 Å². The van der Waals surface area contributed by atoms with E-state index in [4.69, 9.17) is 5.73 Å². The minimum atomic E-state index is -1.90. The Labute approximate surface area is 99.9 Å². The lowest BCUT2D eigenvalue weighted by Gasteiger charge is -2.40. The summed E-state index contributed by atoms with van der Waals surface area (Å²) in [5, 5.41) is 0. The molecule has 0 amide bonds. The highest BCUT2D eigenvalue weighted by molar-refractivity contribution is 8.26. The van der Waals surface area contributed by atoms with Crippen molar-refractivity contribution in [3.8, 4) is 0 Å². The first-order valence-electron chi connectivity index (χ1n) is 5.41. The Morgan fingerprint density at radius 2 is 2.06 bits per heavy atom. The van der Waals surface area contributed by atoms with Crippen LogP contribution in [0.2, 0.25) is 0 Å². The normalized spacial score (nSPS) is 17.4. The Morgan fingerprint density at radius 3 is 2.56 bits per heavy atom. The fourth-order valence-electron chi connectivity index (χ4n) is 1.59. The van der Waals surface area contributed by atoms with Crippen molar-refractivity contribution in [3.63, 3.8) is 0 Å². The van der Waals surface area contributed by atoms with Crippen LogP contribution in [0.3, 0.4) is 0 Å². The van der Waals surface area contributed by atoms with E-state index in [2.05, 4.69) is 13.8 Å². The largest absolute Gasteiger partial charge is 0.399 e. The van der Waals surface area contributed by atoms with E-state index in [9.17, 15) is 4.55 Å². The molecule has 1 atom stereocenters.